The monoisotopic (exact) mass is 1080 g/mol. The first-order chi connectivity index (χ1) is 25.5. The average Bonchev–Trinajstić information content (AvgIpc) is 2.90. The van der Waals surface area contributed by atoms with Crippen molar-refractivity contribution in [2.24, 2.45) is 0 Å². The van der Waals surface area contributed by atoms with Crippen molar-refractivity contribution in [3.8, 4) is 0 Å². The summed E-state index contributed by atoms with van der Waals surface area (Å²) in [4.78, 5) is 0. The van der Waals surface area contributed by atoms with Crippen LogP contribution in [0.4, 0.5) is 0 Å². The molecule has 0 aromatic carbocycles. The fourth-order valence-electron chi connectivity index (χ4n) is 5.40. The van der Waals surface area contributed by atoms with Crippen molar-refractivity contribution < 1.29 is 82.9 Å². The molecule has 4 bridgehead atoms. The van der Waals surface area contributed by atoms with Gasteiger partial charge in [-0.2, -0.15) is 0 Å². The van der Waals surface area contributed by atoms with Crippen molar-refractivity contribution in [3.05, 3.63) is 0 Å². The van der Waals surface area contributed by atoms with E-state index in [4.69, 9.17) is 82.9 Å². The van der Waals surface area contributed by atoms with Gasteiger partial charge < -0.3 is 82.9 Å². The van der Waals surface area contributed by atoms with Gasteiger partial charge >= 0.3 is 71.9 Å². The van der Waals surface area contributed by atoms with E-state index in [2.05, 4.69) is 0 Å². The van der Waals surface area contributed by atoms with Gasteiger partial charge in [0.1, 0.15) is 0 Å². The normalized spacial score (nSPS) is 36.9. The Bertz CT molecular complexity index is 1270. The van der Waals surface area contributed by atoms with Gasteiger partial charge in [-0.1, -0.05) is 0 Å². The summed E-state index contributed by atoms with van der Waals surface area (Å²) in [5, 5.41) is 0. The summed E-state index contributed by atoms with van der Waals surface area (Å²) in [5.41, 5.74) is 0. The van der Waals surface area contributed by atoms with E-state index in [9.17, 15) is 0 Å². The molecule has 0 radical (unpaired) electrons. The highest BCUT2D eigenvalue weighted by molar-refractivity contribution is 6.98. The third kappa shape index (κ3) is 14.9. The molecule has 3 saturated heterocycles. The lowest BCUT2D eigenvalue weighted by atomic mass is 11.8. The molecule has 4 unspecified atom stereocenters. The Morgan fingerprint density at radius 3 is 0.982 bits per heavy atom. The maximum absolute atomic E-state index is 7.23. The van der Waals surface area contributed by atoms with Gasteiger partial charge in [-0.3, -0.25) is 0 Å². The maximum Gasteiger partial charge on any atom is 0.656 e. The molecule has 3 aliphatic heterocycles. The molecule has 0 N–H and O–H groups in total. The van der Waals surface area contributed by atoms with E-state index >= 15 is 0 Å². The zero-order valence-corrected chi connectivity index (χ0v) is 54.0. The van der Waals surface area contributed by atoms with Gasteiger partial charge in [0.05, 0.1) is 0 Å². The standard InChI is InChI=1S/C20H68O20Si16/c1-21-49(19,23-41(3)4)31-52(26-44(9)10)36-54(28-46(13)14)33-50(20,24-42(5)6)32-53(27-45(11)12)34-51(22-2,25-43(7)8)35-55(37-52,29-47(15)16)40-56(38-53,39-54)30-48(17)18/h41-48H,1-20H3/t49?,50-,51?,52+,53+,54?,55-,56?/m0/s1. The van der Waals surface area contributed by atoms with Crippen LogP contribution < -0.4 is 0 Å². The summed E-state index contributed by atoms with van der Waals surface area (Å²) in [7, 11) is -50.4. The topological polar surface area (TPSA) is 185 Å². The third-order valence-electron chi connectivity index (χ3n) is 6.48. The predicted octanol–water partition coefficient (Wildman–Crippen LogP) is 1.24. The van der Waals surface area contributed by atoms with Crippen molar-refractivity contribution in [2.45, 2.75) is 118 Å². The van der Waals surface area contributed by atoms with Crippen molar-refractivity contribution in [1.82, 2.24) is 0 Å². The SMILES string of the molecule is CO[Si](C)(O[SiH](C)C)O[Si@]1(O[SiH](C)C)O[Si]2(O[SiH](C)C)O[Si]3(O[SiH](C)C)O[Si@@](O[SiH](C)C)(O[Si](OC)(O[SiH](C)C)O[Si@](O[SiH](C)C)(O3)O1)O[Si@](C)(O[SiH](C)C)O2. The van der Waals surface area contributed by atoms with E-state index in [1.165, 1.54) is 14.2 Å². The molecule has 0 saturated carbocycles. The van der Waals surface area contributed by atoms with Crippen molar-refractivity contribution in [2.75, 3.05) is 14.2 Å². The van der Waals surface area contributed by atoms with Gasteiger partial charge in [0.15, 0.2) is 72.3 Å². The second-order valence-electron chi connectivity index (χ2n) is 15.5. The Kier molecular flexibility index (Phi) is 19.6. The van der Waals surface area contributed by atoms with Crippen LogP contribution in [0.1, 0.15) is 0 Å². The molecule has 3 rings (SSSR count). The summed E-state index contributed by atoms with van der Waals surface area (Å²) in [6, 6.07) is 0. The lowest BCUT2D eigenvalue weighted by Crippen LogP contribution is -2.86. The Balaban J connectivity index is 2.67. The smallest absolute Gasteiger partial charge is 0.420 e. The van der Waals surface area contributed by atoms with E-state index in [0.717, 1.165) is 0 Å². The molecule has 36 heteroatoms. The highest BCUT2D eigenvalue weighted by Gasteiger charge is 2.84. The molecule has 0 aromatic heterocycles. The molecule has 56 heavy (non-hydrogen) atoms. The Labute approximate surface area is 356 Å². The average molecular weight is 1080 g/mol. The van der Waals surface area contributed by atoms with E-state index in [0.29, 0.717) is 0 Å². The second-order valence-corrected chi connectivity index (χ2v) is 58.2. The van der Waals surface area contributed by atoms with Crippen LogP contribution in [0, 0.1) is 0 Å². The zero-order chi connectivity index (χ0) is 42.8. The summed E-state index contributed by atoms with van der Waals surface area (Å²) in [6.07, 6.45) is 0. The number of hydrogen-bond acceptors (Lipinski definition) is 20. The third-order valence-corrected chi connectivity index (χ3v) is 54.6. The van der Waals surface area contributed by atoms with Gasteiger partial charge in [-0.25, -0.2) is 0 Å². The van der Waals surface area contributed by atoms with Crippen molar-refractivity contribution in [3.63, 3.8) is 0 Å². The lowest BCUT2D eigenvalue weighted by molar-refractivity contribution is -0.0852. The molecule has 20 nitrogen and oxygen atoms in total. The van der Waals surface area contributed by atoms with Gasteiger partial charge in [0.2, 0.25) is 0 Å². The van der Waals surface area contributed by atoms with Gasteiger partial charge in [-0.05, 0) is 105 Å². The van der Waals surface area contributed by atoms with E-state index < -0.39 is 144 Å². The van der Waals surface area contributed by atoms with Crippen LogP contribution in [0.5, 0.6) is 0 Å². The van der Waals surface area contributed by atoms with Gasteiger partial charge in [-0.15, -0.1) is 0 Å². The molecule has 0 amide bonds. The van der Waals surface area contributed by atoms with Crippen LogP contribution in [0.25, 0.3) is 0 Å². The molecule has 0 aliphatic carbocycles. The second kappa shape index (κ2) is 20.7. The highest BCUT2D eigenvalue weighted by atomic mass is 28.6. The van der Waals surface area contributed by atoms with Crippen LogP contribution in [0.3, 0.4) is 0 Å². The molecular weight excluding hydrogens is 1010 g/mol. The van der Waals surface area contributed by atoms with Crippen LogP contribution in [-0.4, -0.2) is 158 Å². The molecule has 0 aromatic rings. The lowest BCUT2D eigenvalue weighted by Gasteiger charge is -2.55. The fraction of sp³-hybridized carbons (Fsp3) is 1.00. The molecule has 0 spiro atoms. The van der Waals surface area contributed by atoms with Crippen molar-refractivity contribution >= 4 is 144 Å². The fourth-order valence-corrected chi connectivity index (χ4v) is 63.6. The predicted molar refractivity (Wildman–Crippen MR) is 242 cm³/mol. The summed E-state index contributed by atoms with van der Waals surface area (Å²) in [5.74, 6) is 0. The first-order valence-electron chi connectivity index (χ1n) is 19.1. The maximum atomic E-state index is 7.23. The molecule has 332 valence electrons. The largest absolute Gasteiger partial charge is 0.656 e. The minimum atomic E-state index is -4.89. The van der Waals surface area contributed by atoms with E-state index in [-0.39, 0.29) is 0 Å². The minimum Gasteiger partial charge on any atom is -0.420 e. The van der Waals surface area contributed by atoms with Gasteiger partial charge in [0.25, 0.3) is 0 Å². The van der Waals surface area contributed by atoms with Gasteiger partial charge in [0, 0.05) is 27.3 Å². The summed E-state index contributed by atoms with van der Waals surface area (Å²) < 4.78 is 137. The summed E-state index contributed by atoms with van der Waals surface area (Å²) in [6.45, 7) is 34.7. The van der Waals surface area contributed by atoms with E-state index in [1.54, 1.807) is 13.1 Å². The number of fused-ring (bicyclic) bond motifs is 3. The zero-order valence-electron chi connectivity index (χ0n) is 36.8. The van der Waals surface area contributed by atoms with Crippen LogP contribution in [-0.2, 0) is 82.9 Å². The Morgan fingerprint density at radius 1 is 0.375 bits per heavy atom. The van der Waals surface area contributed by atoms with E-state index in [1.807, 2.05) is 105 Å². The van der Waals surface area contributed by atoms with Crippen molar-refractivity contribution in [1.29, 1.82) is 0 Å². The Hall–Kier alpha value is 2.67. The molecular formula is C20H68O20Si16. The van der Waals surface area contributed by atoms with Crippen LogP contribution in [0.15, 0.2) is 0 Å². The molecule has 3 heterocycles. The Morgan fingerprint density at radius 2 is 0.679 bits per heavy atom. The highest BCUT2D eigenvalue weighted by Crippen LogP contribution is 2.46. The van der Waals surface area contributed by atoms with Crippen LogP contribution in [0.2, 0.25) is 118 Å². The first kappa shape index (κ1) is 53.0. The van der Waals surface area contributed by atoms with Crippen LogP contribution >= 0.6 is 0 Å². The molecule has 3 fully saturated rings. The first-order valence-corrected chi connectivity index (χ1v) is 55.6. The number of rotatable bonds is 20. The number of hydrogen-bond donors (Lipinski definition) is 0. The quantitative estimate of drug-likeness (QED) is 0.159. The minimum absolute atomic E-state index is 1.41. The molecule has 3 aliphatic rings. The molecule has 8 atom stereocenters. The summed E-state index contributed by atoms with van der Waals surface area (Å²) >= 11 is 0.